The molecule has 1 fully saturated rings. The monoisotopic (exact) mass is 386 g/mol. The van der Waals surface area contributed by atoms with Crippen molar-refractivity contribution >= 4 is 0 Å². The average Bonchev–Trinajstić information content (AvgIpc) is 2.73. The molecule has 0 amide bonds. The van der Waals surface area contributed by atoms with Crippen LogP contribution in [0.15, 0.2) is 60.7 Å². The van der Waals surface area contributed by atoms with Crippen LogP contribution in [0, 0.1) is 0 Å². The van der Waals surface area contributed by atoms with E-state index in [0.717, 1.165) is 24.0 Å². The Bertz CT molecular complexity index is 663. The van der Waals surface area contributed by atoms with E-state index in [1.165, 1.54) is 0 Å². The van der Waals surface area contributed by atoms with Gasteiger partial charge in [0.2, 0.25) is 0 Å². The lowest BCUT2D eigenvalue weighted by Crippen LogP contribution is -2.32. The molecule has 0 spiro atoms. The average molecular weight is 386 g/mol. The molecule has 1 aliphatic rings. The molecule has 1 aliphatic heterocycles. The maximum atomic E-state index is 6.44. The molecule has 0 unspecified atom stereocenters. The second kappa shape index (κ2) is 11.3. The van der Waals surface area contributed by atoms with Crippen LogP contribution < -0.4 is 0 Å². The smallest absolute Gasteiger partial charge is 0.161 e. The van der Waals surface area contributed by atoms with Gasteiger partial charge in [-0.15, -0.1) is 0 Å². The van der Waals surface area contributed by atoms with Crippen LogP contribution in [0.2, 0.25) is 0 Å². The highest BCUT2D eigenvalue weighted by Gasteiger charge is 2.33. The third-order valence-electron chi connectivity index (χ3n) is 4.79. The van der Waals surface area contributed by atoms with Crippen molar-refractivity contribution < 1.29 is 23.7 Å². The predicted molar refractivity (Wildman–Crippen MR) is 107 cm³/mol. The van der Waals surface area contributed by atoms with Crippen molar-refractivity contribution in [2.24, 2.45) is 0 Å². The van der Waals surface area contributed by atoms with Gasteiger partial charge in [0, 0.05) is 13.5 Å². The van der Waals surface area contributed by atoms with Crippen LogP contribution in [0.1, 0.15) is 43.1 Å². The molecule has 2 aromatic rings. The van der Waals surface area contributed by atoms with E-state index in [0.29, 0.717) is 13.2 Å². The van der Waals surface area contributed by atoms with Crippen LogP contribution in [0.25, 0.3) is 0 Å². The number of ether oxygens (including phenoxy) is 5. The van der Waals surface area contributed by atoms with Crippen LogP contribution in [0.3, 0.4) is 0 Å². The van der Waals surface area contributed by atoms with Crippen molar-refractivity contribution in [3.8, 4) is 0 Å². The second-order valence-corrected chi connectivity index (χ2v) is 6.94. The summed E-state index contributed by atoms with van der Waals surface area (Å²) in [7, 11) is 1.65. The molecular weight excluding hydrogens is 356 g/mol. The van der Waals surface area contributed by atoms with E-state index < -0.39 is 0 Å². The third-order valence-corrected chi connectivity index (χ3v) is 4.79. The van der Waals surface area contributed by atoms with Gasteiger partial charge < -0.3 is 23.7 Å². The zero-order chi connectivity index (χ0) is 19.6. The highest BCUT2D eigenvalue weighted by atomic mass is 16.8. The lowest BCUT2D eigenvalue weighted by molar-refractivity contribution is -0.254. The summed E-state index contributed by atoms with van der Waals surface area (Å²) in [6.45, 7) is 3.33. The molecule has 0 saturated carbocycles. The summed E-state index contributed by atoms with van der Waals surface area (Å²) in [5.41, 5.74) is 2.17. The van der Waals surface area contributed by atoms with E-state index in [1.807, 2.05) is 36.4 Å². The van der Waals surface area contributed by atoms with Crippen molar-refractivity contribution in [2.45, 2.75) is 44.4 Å². The first-order chi connectivity index (χ1) is 13.8. The first-order valence-electron chi connectivity index (χ1n) is 9.87. The van der Waals surface area contributed by atoms with Crippen LogP contribution in [-0.4, -0.2) is 39.5 Å². The largest absolute Gasteiger partial charge is 0.382 e. The van der Waals surface area contributed by atoms with Crippen molar-refractivity contribution in [3.05, 3.63) is 71.8 Å². The molecule has 0 N–H and O–H groups in total. The lowest BCUT2D eigenvalue weighted by atomic mass is 9.96. The van der Waals surface area contributed by atoms with Crippen molar-refractivity contribution in [1.29, 1.82) is 0 Å². The number of methoxy groups -OCH3 is 1. The first kappa shape index (κ1) is 21.0. The molecule has 5 heteroatoms. The van der Waals surface area contributed by atoms with Crippen LogP contribution >= 0.6 is 0 Å². The maximum Gasteiger partial charge on any atom is 0.161 e. The molecule has 152 valence electrons. The Morgan fingerprint density at radius 3 is 2.04 bits per heavy atom. The van der Waals surface area contributed by atoms with E-state index in [1.54, 1.807) is 7.11 Å². The predicted octanol–water partition coefficient (Wildman–Crippen LogP) is 4.65. The number of hydrogen-bond donors (Lipinski definition) is 0. The highest BCUT2D eigenvalue weighted by Crippen LogP contribution is 2.39. The molecule has 0 bridgehead atoms. The summed E-state index contributed by atoms with van der Waals surface area (Å²) >= 11 is 0. The van der Waals surface area contributed by atoms with Gasteiger partial charge in [0.05, 0.1) is 19.3 Å². The zero-order valence-electron chi connectivity index (χ0n) is 16.7. The van der Waals surface area contributed by atoms with Crippen LogP contribution in [0.5, 0.6) is 0 Å². The van der Waals surface area contributed by atoms with E-state index in [-0.39, 0.29) is 31.4 Å². The topological polar surface area (TPSA) is 46.2 Å². The Labute approximate surface area is 167 Å². The molecule has 0 aliphatic carbocycles. The highest BCUT2D eigenvalue weighted by molar-refractivity contribution is 5.25. The summed E-state index contributed by atoms with van der Waals surface area (Å²) in [5, 5.41) is 0. The van der Waals surface area contributed by atoms with Gasteiger partial charge >= 0.3 is 0 Å². The Balaban J connectivity index is 1.78. The van der Waals surface area contributed by atoms with Crippen molar-refractivity contribution in [1.82, 2.24) is 0 Å². The van der Waals surface area contributed by atoms with E-state index >= 15 is 0 Å². The lowest BCUT2D eigenvalue weighted by Gasteiger charge is -2.36. The van der Waals surface area contributed by atoms with Gasteiger partial charge in [-0.25, -0.2) is 0 Å². The Hall–Kier alpha value is -1.76. The van der Waals surface area contributed by atoms with Gasteiger partial charge in [0.25, 0.3) is 0 Å². The fourth-order valence-electron chi connectivity index (χ4n) is 3.30. The van der Waals surface area contributed by atoms with Crippen molar-refractivity contribution in [3.63, 3.8) is 0 Å². The molecular formula is C23H30O5. The minimum absolute atomic E-state index is 0.0980. The summed E-state index contributed by atoms with van der Waals surface area (Å²) in [4.78, 5) is 0. The van der Waals surface area contributed by atoms with Gasteiger partial charge in [0.1, 0.15) is 19.0 Å². The molecule has 1 heterocycles. The van der Waals surface area contributed by atoms with Gasteiger partial charge in [-0.05, 0) is 24.5 Å². The molecule has 0 radical (unpaired) electrons. The summed E-state index contributed by atoms with van der Waals surface area (Å²) in [6, 6.07) is 20.4. The summed E-state index contributed by atoms with van der Waals surface area (Å²) in [5.74, 6) is 0. The fourth-order valence-corrected chi connectivity index (χ4v) is 3.30. The fraction of sp³-hybridized carbons (Fsp3) is 0.478. The Kier molecular flexibility index (Phi) is 8.45. The number of hydrogen-bond acceptors (Lipinski definition) is 5. The molecule has 2 aromatic carbocycles. The molecule has 3 rings (SSSR count). The molecule has 5 nitrogen and oxygen atoms in total. The number of rotatable bonds is 8. The summed E-state index contributed by atoms with van der Waals surface area (Å²) in [6.07, 6.45) is 0.869. The number of benzene rings is 2. The minimum atomic E-state index is -0.356. The SMILES string of the molecule is COCCOCO[C@H]1CC[C@@H](C)O[C@H](c2ccccc2)[C@@H](c2ccccc2)O1. The van der Waals surface area contributed by atoms with E-state index in [2.05, 4.69) is 31.2 Å². The van der Waals surface area contributed by atoms with Gasteiger partial charge in [0.15, 0.2) is 6.29 Å². The quantitative estimate of drug-likeness (QED) is 0.488. The van der Waals surface area contributed by atoms with Crippen LogP contribution in [0.4, 0.5) is 0 Å². The Morgan fingerprint density at radius 1 is 0.821 bits per heavy atom. The zero-order valence-corrected chi connectivity index (χ0v) is 16.7. The van der Waals surface area contributed by atoms with Crippen LogP contribution in [-0.2, 0) is 23.7 Å². The second-order valence-electron chi connectivity index (χ2n) is 6.94. The van der Waals surface area contributed by atoms with E-state index in [9.17, 15) is 0 Å². The summed E-state index contributed by atoms with van der Waals surface area (Å²) < 4.78 is 29.2. The molecule has 1 saturated heterocycles. The van der Waals surface area contributed by atoms with E-state index in [4.69, 9.17) is 23.7 Å². The minimum Gasteiger partial charge on any atom is -0.382 e. The standard InChI is InChI=1S/C23H30O5/c1-18-13-14-21(26-17-25-16-15-24-2)28-23(20-11-7-4-8-12-20)22(27-18)19-9-5-3-6-10-19/h3-12,18,21-23H,13-17H2,1-2H3/t18-,21-,22-,23-/m1/s1. The maximum absolute atomic E-state index is 6.44. The third kappa shape index (κ3) is 6.12. The van der Waals surface area contributed by atoms with Gasteiger partial charge in [-0.1, -0.05) is 60.7 Å². The molecule has 28 heavy (non-hydrogen) atoms. The molecule has 0 aromatic heterocycles. The van der Waals surface area contributed by atoms with Gasteiger partial charge in [-0.3, -0.25) is 0 Å². The molecule has 4 atom stereocenters. The first-order valence-corrected chi connectivity index (χ1v) is 9.87. The van der Waals surface area contributed by atoms with Crippen molar-refractivity contribution in [2.75, 3.05) is 27.1 Å². The Morgan fingerprint density at radius 2 is 1.43 bits per heavy atom. The normalized spacial score (nSPS) is 25.8. The van der Waals surface area contributed by atoms with Gasteiger partial charge in [-0.2, -0.15) is 0 Å².